The Balaban J connectivity index is 1.15. The third-order valence-electron chi connectivity index (χ3n) is 17.1. The standard InChI is InChI=1S/C71H64N2O2/c1-6-45(5)52-30-18-34-63(69(52)74)72(50-27-15-20-44(4)40-50)65-42-61(48-23-9-10-24-48)54-37-39-60-66(43-62(49-25-11-12-26-49)55-36-38-59(65)67(54)68(55)60)73(51-28-16-21-46(7-2)41-51)64-35-19-33-58-57-32-17-31-56(70(57)75-71(58)64)53-29-14-13-22-47(53)8-3/h6,13-22,27-43,48-49,74H,1,5,7-12,23-26H2,2-4H3. The summed E-state index contributed by atoms with van der Waals surface area (Å²) in [4.78, 5) is 4.84. The molecule has 370 valence electrons. The second-order valence-corrected chi connectivity index (χ2v) is 21.4. The largest absolute Gasteiger partial charge is 0.505 e. The van der Waals surface area contributed by atoms with Gasteiger partial charge in [0.15, 0.2) is 5.58 Å². The van der Waals surface area contributed by atoms with E-state index in [0.717, 1.165) is 92.6 Å². The zero-order valence-electron chi connectivity index (χ0n) is 43.6. The SMILES string of the molecule is C=CC(=C)c1cccc(N(c2cccc(C)c2)c2cc(C3CCCC3)c3ccc4c(N(c5cccc(CC)c5)c5cccc6c5oc5c(-c7ccccc7CC)cccc56)cc(C5CCCC5)c5ccc2c3c54)c1O. The number of phenols is 1. The molecule has 0 bridgehead atoms. The molecule has 0 radical (unpaired) electrons. The van der Waals surface area contributed by atoms with Crippen molar-refractivity contribution in [2.24, 2.45) is 0 Å². The molecule has 10 aromatic carbocycles. The zero-order valence-corrected chi connectivity index (χ0v) is 43.6. The smallest absolute Gasteiger partial charge is 0.159 e. The van der Waals surface area contributed by atoms with Crippen LogP contribution in [0.3, 0.4) is 0 Å². The lowest BCUT2D eigenvalue weighted by molar-refractivity contribution is 0.475. The fourth-order valence-corrected chi connectivity index (χ4v) is 13.4. The maximum absolute atomic E-state index is 12.4. The quantitative estimate of drug-likeness (QED) is 0.0923. The summed E-state index contributed by atoms with van der Waals surface area (Å²) in [5.74, 6) is 1.03. The molecule has 2 saturated carbocycles. The van der Waals surface area contributed by atoms with Crippen molar-refractivity contribution in [1.29, 1.82) is 0 Å². The average molecular weight is 977 g/mol. The highest BCUT2D eigenvalue weighted by Crippen LogP contribution is 2.55. The van der Waals surface area contributed by atoms with E-state index in [0.29, 0.717) is 28.7 Å². The maximum atomic E-state index is 12.4. The van der Waals surface area contributed by atoms with Crippen molar-refractivity contribution in [3.8, 4) is 16.9 Å². The van der Waals surface area contributed by atoms with E-state index in [4.69, 9.17) is 4.42 Å². The number of furan rings is 1. The summed E-state index contributed by atoms with van der Waals surface area (Å²) in [6.07, 6.45) is 13.1. The van der Waals surface area contributed by atoms with Crippen LogP contribution in [0.15, 0.2) is 187 Å². The van der Waals surface area contributed by atoms with Crippen LogP contribution in [0, 0.1) is 6.92 Å². The summed E-state index contributed by atoms with van der Waals surface area (Å²) < 4.78 is 7.37. The molecule has 1 N–H and O–H groups in total. The number of hydrogen-bond acceptors (Lipinski definition) is 4. The maximum Gasteiger partial charge on any atom is 0.159 e. The molecule has 0 amide bonds. The van der Waals surface area contributed by atoms with Gasteiger partial charge in [-0.1, -0.05) is 174 Å². The average Bonchev–Trinajstić information content (AvgIpc) is 4.30. The van der Waals surface area contributed by atoms with Crippen LogP contribution in [0.5, 0.6) is 5.75 Å². The van der Waals surface area contributed by atoms with Crippen molar-refractivity contribution >= 4 is 94.0 Å². The van der Waals surface area contributed by atoms with Gasteiger partial charge in [-0.05, 0) is 166 Å². The fraction of sp³-hybridized carbons (Fsp3) is 0.211. The highest BCUT2D eigenvalue weighted by molar-refractivity contribution is 6.30. The predicted octanol–water partition coefficient (Wildman–Crippen LogP) is 20.7. The molecule has 4 nitrogen and oxygen atoms in total. The van der Waals surface area contributed by atoms with Gasteiger partial charge in [0.25, 0.3) is 0 Å². The number of aromatic hydroxyl groups is 1. The van der Waals surface area contributed by atoms with Crippen LogP contribution in [-0.4, -0.2) is 5.11 Å². The number of phenolic OH excluding ortho intramolecular Hbond substituents is 1. The topological polar surface area (TPSA) is 39.9 Å². The second kappa shape index (κ2) is 19.0. The van der Waals surface area contributed by atoms with Crippen molar-refractivity contribution in [1.82, 2.24) is 0 Å². The first kappa shape index (κ1) is 46.7. The Morgan fingerprint density at radius 2 is 1.08 bits per heavy atom. The van der Waals surface area contributed by atoms with Crippen molar-refractivity contribution < 1.29 is 9.52 Å². The van der Waals surface area contributed by atoms with E-state index in [1.54, 1.807) is 6.08 Å². The monoisotopic (exact) mass is 976 g/mol. The molecule has 13 rings (SSSR count). The second-order valence-electron chi connectivity index (χ2n) is 21.4. The molecular formula is C71H64N2O2. The van der Waals surface area contributed by atoms with Gasteiger partial charge < -0.3 is 19.3 Å². The molecule has 0 aliphatic heterocycles. The van der Waals surface area contributed by atoms with Crippen LogP contribution in [0.2, 0.25) is 0 Å². The summed E-state index contributed by atoms with van der Waals surface area (Å²) in [6, 6.07) is 60.8. The highest BCUT2D eigenvalue weighted by Gasteiger charge is 2.32. The Kier molecular flexibility index (Phi) is 11.8. The Labute approximate surface area is 441 Å². The van der Waals surface area contributed by atoms with Gasteiger partial charge in [-0.3, -0.25) is 0 Å². The fourth-order valence-electron chi connectivity index (χ4n) is 13.4. The third-order valence-corrected chi connectivity index (χ3v) is 17.1. The van der Waals surface area contributed by atoms with E-state index in [9.17, 15) is 5.11 Å². The molecule has 0 unspecified atom stereocenters. The summed E-state index contributed by atoms with van der Waals surface area (Å²) in [7, 11) is 0. The number of nitrogens with zero attached hydrogens (tertiary/aromatic N) is 2. The molecule has 1 aromatic heterocycles. The van der Waals surface area contributed by atoms with Crippen LogP contribution < -0.4 is 9.80 Å². The summed E-state index contributed by atoms with van der Waals surface area (Å²) in [6.45, 7) is 15.0. The van der Waals surface area contributed by atoms with Crippen molar-refractivity contribution in [2.45, 2.75) is 96.8 Å². The molecule has 0 spiro atoms. The Hall–Kier alpha value is -8.08. The van der Waals surface area contributed by atoms with Gasteiger partial charge in [-0.25, -0.2) is 0 Å². The lowest BCUT2D eigenvalue weighted by Gasteiger charge is -2.32. The van der Waals surface area contributed by atoms with E-state index in [1.807, 2.05) is 18.2 Å². The molecule has 0 atom stereocenters. The van der Waals surface area contributed by atoms with Gasteiger partial charge >= 0.3 is 0 Å². The van der Waals surface area contributed by atoms with Crippen LogP contribution in [-0.2, 0) is 12.8 Å². The minimum absolute atomic E-state index is 0.189. The molecule has 1 heterocycles. The van der Waals surface area contributed by atoms with Gasteiger partial charge in [-0.15, -0.1) is 0 Å². The highest BCUT2D eigenvalue weighted by atomic mass is 16.3. The Bertz CT molecular complexity index is 4030. The molecular weight excluding hydrogens is 913 g/mol. The molecule has 0 saturated heterocycles. The Morgan fingerprint density at radius 3 is 1.72 bits per heavy atom. The molecule has 4 heteroatoms. The number of aryl methyl sites for hydroxylation is 3. The first-order chi connectivity index (χ1) is 36.8. The summed E-state index contributed by atoms with van der Waals surface area (Å²) in [5.41, 5.74) is 18.1. The number of para-hydroxylation sites is 3. The van der Waals surface area contributed by atoms with Crippen LogP contribution in [0.1, 0.15) is 110 Å². The summed E-state index contributed by atoms with van der Waals surface area (Å²) in [5, 5.41) is 22.3. The number of allylic oxidation sites excluding steroid dienone is 2. The first-order valence-corrected chi connectivity index (χ1v) is 27.5. The number of rotatable bonds is 13. The lowest BCUT2D eigenvalue weighted by Crippen LogP contribution is -2.14. The van der Waals surface area contributed by atoms with Gasteiger partial charge in [0.2, 0.25) is 0 Å². The van der Waals surface area contributed by atoms with E-state index in [-0.39, 0.29) is 5.75 Å². The zero-order chi connectivity index (χ0) is 50.9. The molecule has 11 aromatic rings. The van der Waals surface area contributed by atoms with E-state index in [2.05, 4.69) is 189 Å². The van der Waals surface area contributed by atoms with Crippen LogP contribution >= 0.6 is 0 Å². The molecule has 2 fully saturated rings. The normalized spacial score (nSPS) is 14.3. The minimum Gasteiger partial charge on any atom is -0.505 e. The number of benzene rings is 10. The predicted molar refractivity (Wildman–Crippen MR) is 319 cm³/mol. The summed E-state index contributed by atoms with van der Waals surface area (Å²) >= 11 is 0. The number of anilines is 6. The van der Waals surface area contributed by atoms with Gasteiger partial charge in [0.05, 0.1) is 22.7 Å². The third kappa shape index (κ3) is 7.71. The lowest BCUT2D eigenvalue weighted by atomic mass is 9.82. The van der Waals surface area contributed by atoms with Gasteiger partial charge in [0.1, 0.15) is 11.3 Å². The van der Waals surface area contributed by atoms with E-state index in [1.165, 1.54) is 93.3 Å². The first-order valence-electron chi connectivity index (χ1n) is 27.5. The van der Waals surface area contributed by atoms with Crippen molar-refractivity contribution in [3.05, 3.63) is 216 Å². The van der Waals surface area contributed by atoms with Crippen molar-refractivity contribution in [3.63, 3.8) is 0 Å². The minimum atomic E-state index is 0.189. The van der Waals surface area contributed by atoms with Crippen LogP contribution in [0.4, 0.5) is 34.1 Å². The van der Waals surface area contributed by atoms with Crippen LogP contribution in [0.25, 0.3) is 71.0 Å². The number of fused-ring (bicyclic) bond motifs is 3. The van der Waals surface area contributed by atoms with E-state index >= 15 is 0 Å². The number of hydrogen-bond donors (Lipinski definition) is 1. The molecule has 2 aliphatic rings. The Morgan fingerprint density at radius 1 is 0.533 bits per heavy atom. The van der Waals surface area contributed by atoms with Crippen molar-refractivity contribution in [2.75, 3.05) is 9.80 Å². The van der Waals surface area contributed by atoms with Gasteiger partial charge in [-0.2, -0.15) is 0 Å². The molecule has 2 aliphatic carbocycles. The van der Waals surface area contributed by atoms with E-state index < -0.39 is 0 Å². The van der Waals surface area contributed by atoms with Gasteiger partial charge in [0, 0.05) is 44.0 Å². The molecule has 75 heavy (non-hydrogen) atoms.